The lowest BCUT2D eigenvalue weighted by Crippen LogP contribution is -2.19. The van der Waals surface area contributed by atoms with Gasteiger partial charge in [-0.25, -0.2) is 0 Å². The van der Waals surface area contributed by atoms with Gasteiger partial charge in [-0.05, 0) is 54.1 Å². The Morgan fingerprint density at radius 2 is 1.62 bits per heavy atom. The molecule has 0 heterocycles. The fourth-order valence-corrected chi connectivity index (χ4v) is 3.49. The Bertz CT molecular complexity index is 849. The molecule has 0 aromatic heterocycles. The second-order valence-electron chi connectivity index (χ2n) is 5.70. The number of carbonyl (C=O) groups is 1. The molecule has 0 spiro atoms. The average molecular weight is 364 g/mol. The van der Waals surface area contributed by atoms with Crippen LogP contribution in [0.4, 0.5) is 11.4 Å². The van der Waals surface area contributed by atoms with Gasteiger partial charge in [0.1, 0.15) is 11.0 Å². The van der Waals surface area contributed by atoms with Gasteiger partial charge in [-0.2, -0.15) is 0 Å². The van der Waals surface area contributed by atoms with Crippen LogP contribution in [0.2, 0.25) is 0 Å². The van der Waals surface area contributed by atoms with Gasteiger partial charge in [0.2, 0.25) is 5.91 Å². The third kappa shape index (κ3) is 4.58. The molecule has 0 aliphatic carbocycles. The molecule has 132 valence electrons. The molecule has 0 aliphatic heterocycles. The third-order valence-electron chi connectivity index (χ3n) is 3.83. The van der Waals surface area contributed by atoms with Gasteiger partial charge in [0.25, 0.3) is 0 Å². The number of hydrogen-bond acceptors (Lipinski definition) is 4. The summed E-state index contributed by atoms with van der Waals surface area (Å²) in [5.41, 5.74) is 8.13. The van der Waals surface area contributed by atoms with Crippen molar-refractivity contribution in [2.24, 2.45) is 0 Å². The van der Waals surface area contributed by atoms with Gasteiger partial charge in [-0.15, -0.1) is 11.8 Å². The molecule has 4 nitrogen and oxygen atoms in total. The van der Waals surface area contributed by atoms with Crippen molar-refractivity contribution in [2.45, 2.75) is 10.1 Å². The Hall–Kier alpha value is -2.92. The lowest BCUT2D eigenvalue weighted by molar-refractivity contribution is -0.115. The maximum absolute atomic E-state index is 13.0. The normalized spacial score (nSPS) is 11.6. The predicted octanol–water partition coefficient (Wildman–Crippen LogP) is 4.75. The topological polar surface area (TPSA) is 64.3 Å². The number of nitrogens with two attached hydrogens (primary N) is 1. The molecule has 0 bridgehead atoms. The number of methoxy groups -OCH3 is 1. The van der Waals surface area contributed by atoms with Crippen molar-refractivity contribution < 1.29 is 9.53 Å². The summed E-state index contributed by atoms with van der Waals surface area (Å²) in [5, 5.41) is 2.61. The monoisotopic (exact) mass is 364 g/mol. The fraction of sp³-hybridized carbons (Fsp3) is 0.0952. The summed E-state index contributed by atoms with van der Waals surface area (Å²) in [6.07, 6.45) is 0. The Balaban J connectivity index is 1.81. The summed E-state index contributed by atoms with van der Waals surface area (Å²) < 4.78 is 5.15. The van der Waals surface area contributed by atoms with Crippen LogP contribution in [0.1, 0.15) is 10.8 Å². The maximum atomic E-state index is 13.0. The Morgan fingerprint density at radius 3 is 2.23 bits per heavy atom. The van der Waals surface area contributed by atoms with Gasteiger partial charge >= 0.3 is 0 Å². The summed E-state index contributed by atoms with van der Waals surface area (Å²) in [4.78, 5) is 13.9. The van der Waals surface area contributed by atoms with Crippen LogP contribution in [0, 0.1) is 0 Å². The fourth-order valence-electron chi connectivity index (χ4n) is 2.47. The van der Waals surface area contributed by atoms with Crippen LogP contribution in [-0.2, 0) is 4.79 Å². The Labute approximate surface area is 157 Å². The number of carbonyl (C=O) groups excluding carboxylic acids is 1. The third-order valence-corrected chi connectivity index (χ3v) is 5.10. The maximum Gasteiger partial charge on any atom is 0.242 e. The number of benzene rings is 3. The zero-order chi connectivity index (χ0) is 18.4. The lowest BCUT2D eigenvalue weighted by atomic mass is 10.1. The first-order chi connectivity index (χ1) is 12.7. The van der Waals surface area contributed by atoms with Gasteiger partial charge in [-0.1, -0.05) is 30.3 Å². The lowest BCUT2D eigenvalue weighted by Gasteiger charge is -2.17. The first kappa shape index (κ1) is 17.9. The summed E-state index contributed by atoms with van der Waals surface area (Å²) in [6.45, 7) is 0. The smallest absolute Gasteiger partial charge is 0.242 e. The van der Waals surface area contributed by atoms with Crippen molar-refractivity contribution in [1.82, 2.24) is 0 Å². The molecule has 1 unspecified atom stereocenters. The number of nitrogen functional groups attached to an aromatic ring is 1. The Kier molecular flexibility index (Phi) is 5.81. The molecular weight excluding hydrogens is 344 g/mol. The van der Waals surface area contributed by atoms with E-state index in [0.29, 0.717) is 5.69 Å². The highest BCUT2D eigenvalue weighted by molar-refractivity contribution is 8.00. The van der Waals surface area contributed by atoms with Gasteiger partial charge in [0.05, 0.1) is 7.11 Å². The van der Waals surface area contributed by atoms with Crippen LogP contribution in [0.3, 0.4) is 0 Å². The Morgan fingerprint density at radius 1 is 0.962 bits per heavy atom. The first-order valence-corrected chi connectivity index (χ1v) is 9.06. The highest BCUT2D eigenvalue weighted by Gasteiger charge is 2.22. The second-order valence-corrected chi connectivity index (χ2v) is 6.87. The first-order valence-electron chi connectivity index (χ1n) is 8.18. The van der Waals surface area contributed by atoms with E-state index >= 15 is 0 Å². The van der Waals surface area contributed by atoms with E-state index in [-0.39, 0.29) is 11.2 Å². The quantitative estimate of drug-likeness (QED) is 0.489. The number of amides is 1. The van der Waals surface area contributed by atoms with Crippen molar-refractivity contribution in [3.63, 3.8) is 0 Å². The van der Waals surface area contributed by atoms with Crippen molar-refractivity contribution in [1.29, 1.82) is 0 Å². The van der Waals surface area contributed by atoms with Crippen LogP contribution in [-0.4, -0.2) is 13.0 Å². The molecule has 0 aliphatic rings. The van der Waals surface area contributed by atoms with Crippen molar-refractivity contribution in [2.75, 3.05) is 18.2 Å². The van der Waals surface area contributed by atoms with E-state index in [4.69, 9.17) is 10.5 Å². The molecule has 1 atom stereocenters. The average Bonchev–Trinajstić information content (AvgIpc) is 2.68. The molecule has 26 heavy (non-hydrogen) atoms. The molecule has 3 aromatic rings. The number of anilines is 2. The molecule has 3 N–H and O–H groups in total. The van der Waals surface area contributed by atoms with Crippen LogP contribution in [0.5, 0.6) is 5.75 Å². The van der Waals surface area contributed by atoms with E-state index in [2.05, 4.69) is 5.32 Å². The molecule has 3 rings (SSSR count). The van der Waals surface area contributed by atoms with Gasteiger partial charge < -0.3 is 15.8 Å². The molecule has 0 saturated carbocycles. The summed E-state index contributed by atoms with van der Waals surface area (Å²) >= 11 is 1.49. The molecule has 0 fully saturated rings. The number of ether oxygens (including phenoxy) is 1. The minimum Gasteiger partial charge on any atom is -0.497 e. The number of thioether (sulfide) groups is 1. The van der Waals surface area contributed by atoms with E-state index < -0.39 is 0 Å². The minimum absolute atomic E-state index is 0.0804. The highest BCUT2D eigenvalue weighted by atomic mass is 32.2. The van der Waals surface area contributed by atoms with E-state index in [1.54, 1.807) is 7.11 Å². The molecule has 0 saturated heterocycles. The van der Waals surface area contributed by atoms with Crippen molar-refractivity contribution in [3.05, 3.63) is 84.4 Å². The number of nitrogens with one attached hydrogen (secondary N) is 1. The van der Waals surface area contributed by atoms with E-state index in [0.717, 1.165) is 21.9 Å². The van der Waals surface area contributed by atoms with Crippen molar-refractivity contribution >= 4 is 29.0 Å². The summed E-state index contributed by atoms with van der Waals surface area (Å²) in [5.74, 6) is 0.669. The SMILES string of the molecule is COc1ccc(NC(=O)C(Sc2ccc(N)cc2)c2ccccc2)cc1. The van der Waals surface area contributed by atoms with Crippen molar-refractivity contribution in [3.8, 4) is 5.75 Å². The van der Waals surface area contributed by atoms with Crippen LogP contribution in [0.25, 0.3) is 0 Å². The molecular formula is C21H20N2O2S. The largest absolute Gasteiger partial charge is 0.497 e. The molecule has 1 amide bonds. The van der Waals surface area contributed by atoms with Crippen LogP contribution < -0.4 is 15.8 Å². The highest BCUT2D eigenvalue weighted by Crippen LogP contribution is 2.36. The molecule has 5 heteroatoms. The standard InChI is InChI=1S/C21H20N2O2S/c1-25-18-11-9-17(10-12-18)23-21(24)20(15-5-3-2-4-6-15)26-19-13-7-16(22)8-14-19/h2-14,20H,22H2,1H3,(H,23,24). The zero-order valence-electron chi connectivity index (χ0n) is 14.4. The predicted molar refractivity (Wildman–Crippen MR) is 108 cm³/mol. The number of hydrogen-bond donors (Lipinski definition) is 2. The second kappa shape index (κ2) is 8.45. The molecule has 0 radical (unpaired) electrons. The van der Waals surface area contributed by atoms with Gasteiger partial charge in [-0.3, -0.25) is 4.79 Å². The van der Waals surface area contributed by atoms with Gasteiger partial charge in [0.15, 0.2) is 0 Å². The summed E-state index contributed by atoms with van der Waals surface area (Å²) in [6, 6.07) is 24.6. The van der Waals surface area contributed by atoms with Gasteiger partial charge in [0, 0.05) is 16.3 Å². The van der Waals surface area contributed by atoms with E-state index in [9.17, 15) is 4.79 Å². The van der Waals surface area contributed by atoms with E-state index in [1.165, 1.54) is 11.8 Å². The van der Waals surface area contributed by atoms with E-state index in [1.807, 2.05) is 78.9 Å². The summed E-state index contributed by atoms with van der Waals surface area (Å²) in [7, 11) is 1.61. The zero-order valence-corrected chi connectivity index (χ0v) is 15.2. The molecule has 3 aromatic carbocycles. The van der Waals surface area contributed by atoms with Crippen LogP contribution in [0.15, 0.2) is 83.8 Å². The minimum atomic E-state index is -0.373. The number of rotatable bonds is 6. The van der Waals surface area contributed by atoms with Crippen LogP contribution >= 0.6 is 11.8 Å².